The van der Waals surface area contributed by atoms with Gasteiger partial charge in [0.15, 0.2) is 0 Å². The van der Waals surface area contributed by atoms with E-state index in [2.05, 4.69) is 9.97 Å². The molecule has 0 fully saturated rings. The van der Waals surface area contributed by atoms with Crippen molar-refractivity contribution in [3.05, 3.63) is 29.3 Å². The standard InChI is InChI=1S/C9H9N3S/c1-6-2-3-7(11-4-6)9-12-8(10)5-13-9/h2-5H,10H2,1H3. The average molecular weight is 191 g/mol. The van der Waals surface area contributed by atoms with Crippen LogP contribution in [0, 0.1) is 6.92 Å². The summed E-state index contributed by atoms with van der Waals surface area (Å²) in [5.41, 5.74) is 7.55. The molecule has 0 saturated carbocycles. The second-order valence-electron chi connectivity index (χ2n) is 2.80. The summed E-state index contributed by atoms with van der Waals surface area (Å²) in [6, 6.07) is 3.97. The number of nitrogens with zero attached hydrogens (tertiary/aromatic N) is 2. The maximum absolute atomic E-state index is 5.52. The fraction of sp³-hybridized carbons (Fsp3) is 0.111. The zero-order chi connectivity index (χ0) is 9.26. The lowest BCUT2D eigenvalue weighted by Crippen LogP contribution is -1.85. The summed E-state index contributed by atoms with van der Waals surface area (Å²) < 4.78 is 0. The van der Waals surface area contributed by atoms with E-state index in [1.807, 2.05) is 30.6 Å². The van der Waals surface area contributed by atoms with Gasteiger partial charge in [-0.15, -0.1) is 11.3 Å². The Hall–Kier alpha value is -1.42. The molecule has 2 aromatic heterocycles. The van der Waals surface area contributed by atoms with Crippen LogP contribution < -0.4 is 5.73 Å². The Bertz CT molecular complexity index is 405. The van der Waals surface area contributed by atoms with E-state index < -0.39 is 0 Å². The van der Waals surface area contributed by atoms with Gasteiger partial charge in [0.2, 0.25) is 0 Å². The van der Waals surface area contributed by atoms with Gasteiger partial charge in [0.05, 0.1) is 5.69 Å². The van der Waals surface area contributed by atoms with E-state index in [0.29, 0.717) is 5.82 Å². The highest BCUT2D eigenvalue weighted by Gasteiger charge is 2.02. The van der Waals surface area contributed by atoms with Crippen LogP contribution in [0.1, 0.15) is 5.56 Å². The highest BCUT2D eigenvalue weighted by molar-refractivity contribution is 7.13. The summed E-state index contributed by atoms with van der Waals surface area (Å²) >= 11 is 1.51. The van der Waals surface area contributed by atoms with Crippen LogP contribution in [0.15, 0.2) is 23.7 Å². The number of aryl methyl sites for hydroxylation is 1. The number of nitrogen functional groups attached to an aromatic ring is 1. The van der Waals surface area contributed by atoms with Gasteiger partial charge in [0, 0.05) is 11.6 Å². The molecule has 0 amide bonds. The van der Waals surface area contributed by atoms with Crippen molar-refractivity contribution in [1.82, 2.24) is 9.97 Å². The van der Waals surface area contributed by atoms with Gasteiger partial charge >= 0.3 is 0 Å². The molecule has 0 atom stereocenters. The first-order chi connectivity index (χ1) is 6.25. The molecule has 3 nitrogen and oxygen atoms in total. The first-order valence-electron chi connectivity index (χ1n) is 3.90. The Balaban J connectivity index is 2.41. The molecule has 0 aromatic carbocycles. The molecule has 2 N–H and O–H groups in total. The second-order valence-corrected chi connectivity index (χ2v) is 3.66. The number of thiazole rings is 1. The highest BCUT2D eigenvalue weighted by Crippen LogP contribution is 2.22. The van der Waals surface area contributed by atoms with Crippen molar-refractivity contribution in [3.8, 4) is 10.7 Å². The summed E-state index contributed by atoms with van der Waals surface area (Å²) in [6.07, 6.45) is 1.83. The van der Waals surface area contributed by atoms with Gasteiger partial charge < -0.3 is 5.73 Å². The summed E-state index contributed by atoms with van der Waals surface area (Å²) in [5.74, 6) is 0.558. The summed E-state index contributed by atoms with van der Waals surface area (Å²) in [4.78, 5) is 8.40. The van der Waals surface area contributed by atoms with E-state index in [1.54, 1.807) is 0 Å². The van der Waals surface area contributed by atoms with Crippen molar-refractivity contribution in [2.45, 2.75) is 6.92 Å². The molecule has 0 bridgehead atoms. The van der Waals surface area contributed by atoms with E-state index in [9.17, 15) is 0 Å². The number of pyridine rings is 1. The van der Waals surface area contributed by atoms with Crippen molar-refractivity contribution in [2.75, 3.05) is 5.73 Å². The van der Waals surface area contributed by atoms with Gasteiger partial charge in [0.1, 0.15) is 10.8 Å². The fourth-order valence-corrected chi connectivity index (χ4v) is 1.68. The zero-order valence-electron chi connectivity index (χ0n) is 7.19. The lowest BCUT2D eigenvalue weighted by molar-refractivity contribution is 1.25. The van der Waals surface area contributed by atoms with Gasteiger partial charge in [-0.1, -0.05) is 6.07 Å². The van der Waals surface area contributed by atoms with Crippen LogP contribution in [0.4, 0.5) is 5.82 Å². The lowest BCUT2D eigenvalue weighted by atomic mass is 10.3. The minimum atomic E-state index is 0.558. The number of aromatic nitrogens is 2. The Morgan fingerprint density at radius 1 is 1.38 bits per heavy atom. The van der Waals surface area contributed by atoms with E-state index in [0.717, 1.165) is 16.3 Å². The van der Waals surface area contributed by atoms with Gasteiger partial charge in [-0.3, -0.25) is 4.98 Å². The zero-order valence-corrected chi connectivity index (χ0v) is 8.01. The first kappa shape index (κ1) is 8.19. The van der Waals surface area contributed by atoms with Crippen LogP contribution in [-0.4, -0.2) is 9.97 Å². The Kier molecular flexibility index (Phi) is 1.98. The van der Waals surface area contributed by atoms with E-state index in [-0.39, 0.29) is 0 Å². The first-order valence-corrected chi connectivity index (χ1v) is 4.78. The molecule has 13 heavy (non-hydrogen) atoms. The lowest BCUT2D eigenvalue weighted by Gasteiger charge is -1.94. The predicted octanol–water partition coefficient (Wildman–Crippen LogP) is 2.10. The molecule has 0 spiro atoms. The topological polar surface area (TPSA) is 51.8 Å². The maximum atomic E-state index is 5.52. The number of anilines is 1. The summed E-state index contributed by atoms with van der Waals surface area (Å²) in [5, 5.41) is 2.69. The maximum Gasteiger partial charge on any atom is 0.144 e. The molecule has 0 aliphatic carbocycles. The minimum absolute atomic E-state index is 0.558. The average Bonchev–Trinajstić information content (AvgIpc) is 2.53. The van der Waals surface area contributed by atoms with Crippen molar-refractivity contribution in [2.24, 2.45) is 0 Å². The minimum Gasteiger partial charge on any atom is -0.383 e. The van der Waals surface area contributed by atoms with Crippen molar-refractivity contribution < 1.29 is 0 Å². The van der Waals surface area contributed by atoms with Crippen LogP contribution >= 0.6 is 11.3 Å². The second kappa shape index (κ2) is 3.14. The fourth-order valence-electron chi connectivity index (χ4n) is 0.998. The van der Waals surface area contributed by atoms with Crippen LogP contribution in [0.25, 0.3) is 10.7 Å². The third-order valence-electron chi connectivity index (χ3n) is 1.65. The summed E-state index contributed by atoms with van der Waals surface area (Å²) in [6.45, 7) is 2.01. The quantitative estimate of drug-likeness (QED) is 0.751. The Labute approximate surface area is 80.3 Å². The van der Waals surface area contributed by atoms with Crippen LogP contribution in [0.2, 0.25) is 0 Å². The van der Waals surface area contributed by atoms with E-state index in [1.165, 1.54) is 11.3 Å². The van der Waals surface area contributed by atoms with Gasteiger partial charge in [-0.25, -0.2) is 4.98 Å². The molecule has 4 heteroatoms. The van der Waals surface area contributed by atoms with E-state index in [4.69, 9.17) is 5.73 Å². The molecule has 66 valence electrons. The highest BCUT2D eigenvalue weighted by atomic mass is 32.1. The normalized spacial score (nSPS) is 10.2. The molecule has 0 unspecified atom stereocenters. The Morgan fingerprint density at radius 2 is 2.23 bits per heavy atom. The van der Waals surface area contributed by atoms with Crippen LogP contribution in [0.3, 0.4) is 0 Å². The molecule has 2 heterocycles. The molecule has 0 aliphatic heterocycles. The van der Waals surface area contributed by atoms with Gasteiger partial charge in [-0.05, 0) is 18.6 Å². The molecule has 2 rings (SSSR count). The van der Waals surface area contributed by atoms with Crippen LogP contribution in [0.5, 0.6) is 0 Å². The van der Waals surface area contributed by atoms with Gasteiger partial charge in [0.25, 0.3) is 0 Å². The molecular formula is C9H9N3S. The monoisotopic (exact) mass is 191 g/mol. The molecular weight excluding hydrogens is 182 g/mol. The third kappa shape index (κ3) is 1.67. The third-order valence-corrected chi connectivity index (χ3v) is 2.54. The van der Waals surface area contributed by atoms with E-state index >= 15 is 0 Å². The number of nitrogens with two attached hydrogens (primary N) is 1. The smallest absolute Gasteiger partial charge is 0.144 e. The van der Waals surface area contributed by atoms with Crippen LogP contribution in [-0.2, 0) is 0 Å². The van der Waals surface area contributed by atoms with Crippen molar-refractivity contribution >= 4 is 17.2 Å². The SMILES string of the molecule is Cc1ccc(-c2nc(N)cs2)nc1. The van der Waals surface area contributed by atoms with Crippen molar-refractivity contribution in [1.29, 1.82) is 0 Å². The largest absolute Gasteiger partial charge is 0.383 e. The predicted molar refractivity (Wildman–Crippen MR) is 54.5 cm³/mol. The van der Waals surface area contributed by atoms with Crippen molar-refractivity contribution in [3.63, 3.8) is 0 Å². The number of hydrogen-bond donors (Lipinski definition) is 1. The molecule has 2 aromatic rings. The number of rotatable bonds is 1. The molecule has 0 saturated heterocycles. The molecule has 0 radical (unpaired) electrons. The summed E-state index contributed by atoms with van der Waals surface area (Å²) in [7, 11) is 0. The van der Waals surface area contributed by atoms with Gasteiger partial charge in [-0.2, -0.15) is 0 Å². The molecule has 0 aliphatic rings. The Morgan fingerprint density at radius 3 is 2.77 bits per heavy atom. The number of hydrogen-bond acceptors (Lipinski definition) is 4.